The maximum absolute atomic E-state index is 5.64. The Kier molecular flexibility index (Phi) is 15.5. The third kappa shape index (κ3) is 8.79. The lowest BCUT2D eigenvalue weighted by molar-refractivity contribution is 0.303. The van der Waals surface area contributed by atoms with Crippen molar-refractivity contribution in [1.29, 1.82) is 0 Å². The predicted octanol–water partition coefficient (Wildman–Crippen LogP) is 5.40. The van der Waals surface area contributed by atoms with Crippen LogP contribution in [0.4, 0.5) is 5.69 Å². The van der Waals surface area contributed by atoms with Crippen molar-refractivity contribution in [2.45, 2.75) is 51.9 Å². The zero-order valence-corrected chi connectivity index (χ0v) is 23.6. The number of methoxy groups -OCH3 is 1. The minimum Gasteiger partial charge on any atom is -0.496 e. The number of halogens is 3. The zero-order valence-electron chi connectivity index (χ0n) is 20.3. The van der Waals surface area contributed by atoms with E-state index < -0.39 is 0 Å². The average molecular weight is 564 g/mol. The molecule has 0 spiro atoms. The first-order chi connectivity index (χ1) is 15.1. The monoisotopic (exact) mass is 562 g/mol. The number of ether oxygens (including phenoxy) is 1. The number of hydrogen-bond acceptors (Lipinski definition) is 6. The van der Waals surface area contributed by atoms with E-state index in [1.54, 1.807) is 18.4 Å². The van der Waals surface area contributed by atoms with Crippen LogP contribution in [0, 0.1) is 13.8 Å². The third-order valence-corrected chi connectivity index (χ3v) is 7.04. The Morgan fingerprint density at radius 3 is 2.46 bits per heavy atom. The van der Waals surface area contributed by atoms with Crippen LogP contribution in [0.25, 0.3) is 0 Å². The second-order valence-corrected chi connectivity index (χ2v) is 9.39. The molecule has 0 amide bonds. The highest BCUT2D eigenvalue weighted by molar-refractivity contribution is 7.11. The molecule has 0 bridgehead atoms. The van der Waals surface area contributed by atoms with Crippen molar-refractivity contribution in [2.24, 2.45) is 0 Å². The molecule has 1 saturated heterocycles. The summed E-state index contributed by atoms with van der Waals surface area (Å²) in [6.07, 6.45) is 2.35. The van der Waals surface area contributed by atoms with Gasteiger partial charge in [0.25, 0.3) is 0 Å². The van der Waals surface area contributed by atoms with Gasteiger partial charge in [0.05, 0.1) is 19.3 Å². The zero-order chi connectivity index (χ0) is 21.6. The molecule has 6 nitrogen and oxygen atoms in total. The summed E-state index contributed by atoms with van der Waals surface area (Å²) in [5.41, 5.74) is 4.72. The molecular weight excluding hydrogens is 527 g/mol. The number of aryl methyl sites for hydroxylation is 2. The molecule has 1 aromatic heterocycles. The highest BCUT2D eigenvalue weighted by Gasteiger charge is 2.25. The molecular formula is C25H37Cl3N4O2S. The molecule has 0 saturated carbocycles. The van der Waals surface area contributed by atoms with Gasteiger partial charge in [-0.1, -0.05) is 30.3 Å². The molecule has 1 aliphatic rings. The smallest absolute Gasteiger partial charge is 0.123 e. The first kappa shape index (κ1) is 33.4. The number of rotatable bonds is 8. The lowest BCUT2D eigenvalue weighted by Crippen LogP contribution is -2.45. The highest BCUT2D eigenvalue weighted by Crippen LogP contribution is 2.27. The molecule has 5 N–H and O–H groups in total. The van der Waals surface area contributed by atoms with Gasteiger partial charge < -0.3 is 26.2 Å². The van der Waals surface area contributed by atoms with E-state index in [2.05, 4.69) is 77.2 Å². The van der Waals surface area contributed by atoms with Gasteiger partial charge in [-0.3, -0.25) is 0 Å². The van der Waals surface area contributed by atoms with Gasteiger partial charge in [-0.05, 0) is 57.0 Å². The van der Waals surface area contributed by atoms with Crippen molar-refractivity contribution in [3.05, 3.63) is 75.2 Å². The average Bonchev–Trinajstić information content (AvgIpc) is 3.14. The molecule has 1 aliphatic heterocycles. The van der Waals surface area contributed by atoms with Crippen molar-refractivity contribution < 1.29 is 10.2 Å². The first-order valence-electron chi connectivity index (χ1n) is 11.0. The van der Waals surface area contributed by atoms with E-state index in [-0.39, 0.29) is 42.7 Å². The third-order valence-electron chi connectivity index (χ3n) is 5.97. The van der Waals surface area contributed by atoms with Crippen LogP contribution >= 0.6 is 48.6 Å². The van der Waals surface area contributed by atoms with Crippen LogP contribution in [0.15, 0.2) is 48.5 Å². The molecule has 35 heavy (non-hydrogen) atoms. The van der Waals surface area contributed by atoms with Gasteiger partial charge in [-0.2, -0.15) is 0 Å². The number of piperidine rings is 1. The Balaban J connectivity index is 0.00000289. The molecule has 0 radical (unpaired) electrons. The van der Waals surface area contributed by atoms with Crippen molar-refractivity contribution in [3.63, 3.8) is 0 Å². The number of anilines is 1. The fraction of sp³-hybridized carbons (Fsp3) is 0.400. The van der Waals surface area contributed by atoms with Gasteiger partial charge in [-0.25, -0.2) is 4.98 Å². The molecule has 1 fully saturated rings. The van der Waals surface area contributed by atoms with Crippen LogP contribution in [0.5, 0.6) is 5.75 Å². The lowest BCUT2D eigenvalue weighted by Gasteiger charge is -2.34. The SMILES string of the molecule is COc1ccc(NCc2nc(C)c(C)s2)cc1CN[C@H]1CCCN[C@@H]1c1ccccc1.Cl.Cl.Cl.O. The van der Waals surface area contributed by atoms with E-state index in [0.717, 1.165) is 53.8 Å². The molecule has 2 aromatic carbocycles. The van der Waals surface area contributed by atoms with Crippen molar-refractivity contribution in [2.75, 3.05) is 19.0 Å². The summed E-state index contributed by atoms with van der Waals surface area (Å²) in [5.74, 6) is 0.916. The van der Waals surface area contributed by atoms with Gasteiger partial charge in [-0.15, -0.1) is 48.6 Å². The van der Waals surface area contributed by atoms with E-state index >= 15 is 0 Å². The van der Waals surface area contributed by atoms with E-state index in [4.69, 9.17) is 4.74 Å². The molecule has 196 valence electrons. The number of aromatic nitrogens is 1. The molecule has 0 unspecified atom stereocenters. The Bertz CT molecular complexity index is 988. The first-order valence-corrected chi connectivity index (χ1v) is 11.8. The Labute approximate surface area is 231 Å². The summed E-state index contributed by atoms with van der Waals surface area (Å²) in [7, 11) is 1.74. The summed E-state index contributed by atoms with van der Waals surface area (Å²) in [6, 6.07) is 17.8. The molecule has 10 heteroatoms. The molecule has 4 rings (SSSR count). The quantitative estimate of drug-likeness (QED) is 0.341. The fourth-order valence-electron chi connectivity index (χ4n) is 4.18. The van der Waals surface area contributed by atoms with Crippen LogP contribution in [0.3, 0.4) is 0 Å². The summed E-state index contributed by atoms with van der Waals surface area (Å²) in [6.45, 7) is 6.76. The number of hydrogen-bond donors (Lipinski definition) is 3. The van der Waals surface area contributed by atoms with Gasteiger partial charge in [0.15, 0.2) is 0 Å². The lowest BCUT2D eigenvalue weighted by atomic mass is 9.92. The van der Waals surface area contributed by atoms with Gasteiger partial charge in [0, 0.05) is 34.8 Å². The van der Waals surface area contributed by atoms with Crippen LogP contribution in [-0.2, 0) is 13.1 Å². The van der Waals surface area contributed by atoms with Crippen molar-refractivity contribution in [1.82, 2.24) is 15.6 Å². The van der Waals surface area contributed by atoms with Crippen LogP contribution in [-0.4, -0.2) is 30.2 Å². The van der Waals surface area contributed by atoms with Crippen LogP contribution < -0.4 is 20.7 Å². The van der Waals surface area contributed by atoms with Crippen LogP contribution in [0.1, 0.15) is 45.6 Å². The van der Waals surface area contributed by atoms with Gasteiger partial charge in [0.1, 0.15) is 10.8 Å². The molecule has 0 aliphatic carbocycles. The maximum atomic E-state index is 5.64. The molecule has 3 aromatic rings. The van der Waals surface area contributed by atoms with E-state index in [1.165, 1.54) is 16.9 Å². The second-order valence-electron chi connectivity index (χ2n) is 8.10. The van der Waals surface area contributed by atoms with E-state index in [0.29, 0.717) is 12.1 Å². The van der Waals surface area contributed by atoms with Gasteiger partial charge in [0.2, 0.25) is 0 Å². The maximum Gasteiger partial charge on any atom is 0.123 e. The van der Waals surface area contributed by atoms with Crippen LogP contribution in [0.2, 0.25) is 0 Å². The number of nitrogens with zero attached hydrogens (tertiary/aromatic N) is 1. The number of thiazole rings is 1. The largest absolute Gasteiger partial charge is 0.496 e. The Morgan fingerprint density at radius 1 is 1.06 bits per heavy atom. The topological polar surface area (TPSA) is 89.7 Å². The summed E-state index contributed by atoms with van der Waals surface area (Å²) < 4.78 is 5.64. The van der Waals surface area contributed by atoms with E-state index in [1.807, 2.05) is 6.07 Å². The number of nitrogens with one attached hydrogen (secondary N) is 3. The van der Waals surface area contributed by atoms with E-state index in [9.17, 15) is 0 Å². The fourth-order valence-corrected chi connectivity index (χ4v) is 5.05. The standard InChI is InChI=1S/C25H32N4OS.3ClH.H2O/c1-17-18(2)31-24(29-17)16-27-21-11-12-23(30-3)20(14-21)15-28-22-10-7-13-26-25(22)19-8-5-4-6-9-19;;;;/h4-6,8-9,11-12,14,22,25-28H,7,10,13,15-16H2,1-3H3;3*1H;1H2/t22-,25+;;;;/m0..../s1. The normalized spacial score (nSPS) is 16.5. The minimum atomic E-state index is 0. The highest BCUT2D eigenvalue weighted by atomic mass is 35.5. The van der Waals surface area contributed by atoms with Gasteiger partial charge >= 0.3 is 0 Å². The summed E-state index contributed by atoms with van der Waals surface area (Å²) in [5, 5.41) is 12.1. The Morgan fingerprint density at radius 2 is 1.80 bits per heavy atom. The number of benzene rings is 2. The predicted molar refractivity (Wildman–Crippen MR) is 154 cm³/mol. The molecule has 2 heterocycles. The Hall–Kier alpha value is -1.58. The summed E-state index contributed by atoms with van der Waals surface area (Å²) >= 11 is 1.76. The summed E-state index contributed by atoms with van der Waals surface area (Å²) in [4.78, 5) is 5.91. The molecule has 2 atom stereocenters. The van der Waals surface area contributed by atoms with Crippen molar-refractivity contribution >= 4 is 54.2 Å². The van der Waals surface area contributed by atoms with Crippen molar-refractivity contribution in [3.8, 4) is 5.75 Å². The minimum absolute atomic E-state index is 0. The second kappa shape index (κ2) is 16.2.